The van der Waals surface area contributed by atoms with Crippen molar-refractivity contribution in [3.63, 3.8) is 0 Å². The summed E-state index contributed by atoms with van der Waals surface area (Å²) in [6.07, 6.45) is 2.15. The Bertz CT molecular complexity index is 2370. The van der Waals surface area contributed by atoms with Crippen molar-refractivity contribution in [3.05, 3.63) is 83.3 Å². The number of nitrogens with zero attached hydrogens (tertiary/aromatic N) is 9. The third-order valence-electron chi connectivity index (χ3n) is 9.80. The summed E-state index contributed by atoms with van der Waals surface area (Å²) in [5.41, 5.74) is 2.61. The Morgan fingerprint density at radius 3 is 2.73 bits per heavy atom. The molecule has 2 saturated heterocycles. The Morgan fingerprint density at radius 2 is 1.86 bits per heavy atom. The van der Waals surface area contributed by atoms with Crippen molar-refractivity contribution in [2.24, 2.45) is 0 Å². The molecule has 2 fully saturated rings. The molecular weight excluding hydrogens is 685 g/mol. The second-order valence-corrected chi connectivity index (χ2v) is 13.4. The van der Waals surface area contributed by atoms with Gasteiger partial charge in [0.25, 0.3) is 0 Å². The predicted octanol–water partition coefficient (Wildman–Crippen LogP) is 5.30. The Balaban J connectivity index is 1.17. The highest BCUT2D eigenvalue weighted by Gasteiger charge is 2.42. The molecule has 4 aromatic heterocycles. The number of benzene rings is 2. The summed E-state index contributed by atoms with van der Waals surface area (Å²) in [4.78, 5) is 36.9. The van der Waals surface area contributed by atoms with Crippen LogP contribution in [0.2, 0.25) is 5.28 Å². The monoisotopic (exact) mass is 714 g/mol. The standard InChI is InChI=1S/C35H30ClF3N10O2/c1-18-41-27-12-20(38)10-23-26-4-2-5-30(43-26)42-21-13-29(34(50)46-8-3-9-51-22(16-46)17-47(18)31(23)27)48(15-21)32-24-14-40-49(33(24)45-35(36)44-32)28-7-6-19(37)11-25(28)39/h2,4-7,10-12,14,21-22,29H,3,8-9,13,15-17H2,1H3,(H,42,43)/t21-,22+,29-/m0/s1. The highest BCUT2D eigenvalue weighted by molar-refractivity contribution is 6.28. The molecule has 3 aliphatic heterocycles. The van der Waals surface area contributed by atoms with E-state index in [1.54, 1.807) is 0 Å². The summed E-state index contributed by atoms with van der Waals surface area (Å²) < 4.78 is 53.3. The van der Waals surface area contributed by atoms with Crippen molar-refractivity contribution in [1.82, 2.24) is 39.2 Å². The molecule has 0 saturated carbocycles. The second kappa shape index (κ2) is 12.2. The third-order valence-corrected chi connectivity index (χ3v) is 9.97. The van der Waals surface area contributed by atoms with Gasteiger partial charge in [0.15, 0.2) is 11.5 Å². The zero-order valence-corrected chi connectivity index (χ0v) is 28.0. The zero-order chi connectivity index (χ0) is 35.0. The van der Waals surface area contributed by atoms with Gasteiger partial charge in [0.05, 0.1) is 41.0 Å². The van der Waals surface area contributed by atoms with E-state index in [-0.39, 0.29) is 34.7 Å². The van der Waals surface area contributed by atoms with Gasteiger partial charge >= 0.3 is 0 Å². The Morgan fingerprint density at radius 1 is 0.980 bits per heavy atom. The molecule has 3 aliphatic rings. The quantitative estimate of drug-likeness (QED) is 0.239. The lowest BCUT2D eigenvalue weighted by Crippen LogP contribution is -2.48. The number of aryl methyl sites for hydroxylation is 1. The molecule has 3 atom stereocenters. The number of rotatable bonds is 2. The van der Waals surface area contributed by atoms with Crippen LogP contribution in [0.3, 0.4) is 0 Å². The van der Waals surface area contributed by atoms with Gasteiger partial charge in [0, 0.05) is 50.0 Å². The van der Waals surface area contributed by atoms with E-state index >= 15 is 4.39 Å². The normalized spacial score (nSPS) is 20.7. The molecule has 1 amide bonds. The maximum Gasteiger partial charge on any atom is 0.245 e. The number of fused-ring (bicyclic) bond motifs is 8. The number of amides is 1. The third kappa shape index (κ3) is 5.51. The molecule has 1 N–H and O–H groups in total. The fourth-order valence-corrected chi connectivity index (χ4v) is 7.75. The van der Waals surface area contributed by atoms with Gasteiger partial charge in [-0.1, -0.05) is 6.07 Å². The molecular formula is C35H30ClF3N10O2. The minimum Gasteiger partial charge on any atom is -0.374 e. The number of imidazole rings is 1. The van der Waals surface area contributed by atoms with E-state index in [1.165, 1.54) is 29.1 Å². The van der Waals surface area contributed by atoms with Crippen molar-refractivity contribution in [1.29, 1.82) is 0 Å². The van der Waals surface area contributed by atoms with Crippen LogP contribution in [0.25, 0.3) is 39.0 Å². The van der Waals surface area contributed by atoms with Crippen molar-refractivity contribution < 1.29 is 22.7 Å². The first-order valence-corrected chi connectivity index (χ1v) is 17.0. The van der Waals surface area contributed by atoms with Crippen LogP contribution in [0.4, 0.5) is 24.8 Å². The summed E-state index contributed by atoms with van der Waals surface area (Å²) in [5, 5.41) is 8.19. The number of nitrogens with one attached hydrogen (secondary N) is 1. The van der Waals surface area contributed by atoms with Crippen molar-refractivity contribution >= 4 is 51.2 Å². The summed E-state index contributed by atoms with van der Waals surface area (Å²) in [6.45, 7) is 3.86. The average molecular weight is 715 g/mol. The van der Waals surface area contributed by atoms with Gasteiger partial charge in [-0.15, -0.1) is 0 Å². The number of aromatic nitrogens is 7. The highest BCUT2D eigenvalue weighted by atomic mass is 35.5. The van der Waals surface area contributed by atoms with E-state index < -0.39 is 23.5 Å². The van der Waals surface area contributed by atoms with Gasteiger partial charge in [-0.2, -0.15) is 15.1 Å². The van der Waals surface area contributed by atoms with E-state index in [0.29, 0.717) is 85.2 Å². The highest BCUT2D eigenvalue weighted by Crippen LogP contribution is 2.36. The smallest absolute Gasteiger partial charge is 0.245 e. The van der Waals surface area contributed by atoms with Crippen LogP contribution >= 0.6 is 11.6 Å². The van der Waals surface area contributed by atoms with Crippen molar-refractivity contribution in [3.8, 4) is 16.9 Å². The van der Waals surface area contributed by atoms with Gasteiger partial charge < -0.3 is 24.4 Å². The molecule has 6 bridgehead atoms. The minimum absolute atomic E-state index is 0.0180. The first-order chi connectivity index (χ1) is 24.7. The first kappa shape index (κ1) is 31.7. The second-order valence-electron chi connectivity index (χ2n) is 13.1. The molecule has 2 aromatic carbocycles. The molecule has 16 heteroatoms. The fourth-order valence-electron chi connectivity index (χ4n) is 7.59. The number of carbonyl (C=O) groups excluding carboxylic acids is 1. The minimum atomic E-state index is -0.826. The number of hydrogen-bond donors (Lipinski definition) is 1. The summed E-state index contributed by atoms with van der Waals surface area (Å²) in [5.74, 6) is -0.490. The first-order valence-electron chi connectivity index (χ1n) is 16.6. The molecule has 12 nitrogen and oxygen atoms in total. The van der Waals surface area contributed by atoms with E-state index in [1.807, 2.05) is 39.5 Å². The van der Waals surface area contributed by atoms with Crippen LogP contribution in [0, 0.1) is 24.4 Å². The number of hydrogen-bond acceptors (Lipinski definition) is 9. The van der Waals surface area contributed by atoms with Crippen molar-refractivity contribution in [2.45, 2.75) is 44.5 Å². The molecule has 0 unspecified atom stereocenters. The average Bonchev–Trinajstić information content (AvgIpc) is 3.73. The topological polar surface area (TPSA) is 119 Å². The van der Waals surface area contributed by atoms with E-state index in [2.05, 4.69) is 25.4 Å². The maximum atomic E-state index is 15.0. The molecule has 0 spiro atoms. The van der Waals surface area contributed by atoms with Gasteiger partial charge in [-0.25, -0.2) is 27.8 Å². The van der Waals surface area contributed by atoms with Gasteiger partial charge in [0.1, 0.15) is 40.8 Å². The molecule has 7 heterocycles. The molecule has 0 aliphatic carbocycles. The molecule has 9 rings (SSSR count). The lowest BCUT2D eigenvalue weighted by molar-refractivity contribution is -0.133. The van der Waals surface area contributed by atoms with E-state index in [9.17, 15) is 13.6 Å². The largest absolute Gasteiger partial charge is 0.374 e. The van der Waals surface area contributed by atoms with Gasteiger partial charge in [0.2, 0.25) is 11.2 Å². The Hall–Kier alpha value is -5.28. The predicted molar refractivity (Wildman–Crippen MR) is 183 cm³/mol. The Kier molecular flexibility index (Phi) is 7.58. The van der Waals surface area contributed by atoms with E-state index in [4.69, 9.17) is 21.3 Å². The number of halogens is 4. The van der Waals surface area contributed by atoms with Crippen LogP contribution in [-0.4, -0.2) is 89.5 Å². The summed E-state index contributed by atoms with van der Waals surface area (Å²) in [7, 11) is 0. The fraction of sp³-hybridized carbons (Fsp3) is 0.314. The molecule has 0 radical (unpaired) electrons. The van der Waals surface area contributed by atoms with Gasteiger partial charge in [-0.3, -0.25) is 4.79 Å². The molecule has 260 valence electrons. The van der Waals surface area contributed by atoms with Crippen LogP contribution in [0.15, 0.2) is 54.7 Å². The number of ether oxygens (including phenoxy) is 1. The lowest BCUT2D eigenvalue weighted by atomic mass is 10.1. The SMILES string of the molecule is Cc1nc2cc(F)cc3c2n1C[C@H]1CN(CCCO1)C(=O)[C@@H]1C[C@@H](CN1c1nc(Cl)nc2c1cnn2-c1ccc(F)cc1F)Nc1cccc-3n1. The van der Waals surface area contributed by atoms with Crippen molar-refractivity contribution in [2.75, 3.05) is 36.5 Å². The van der Waals surface area contributed by atoms with Gasteiger partial charge in [-0.05, 0) is 61.7 Å². The van der Waals surface area contributed by atoms with Crippen LogP contribution in [0.5, 0.6) is 0 Å². The Labute approximate surface area is 293 Å². The van der Waals surface area contributed by atoms with E-state index in [0.717, 1.165) is 17.6 Å². The van der Waals surface area contributed by atoms with Crippen LogP contribution in [-0.2, 0) is 16.1 Å². The zero-order valence-electron chi connectivity index (χ0n) is 27.2. The van der Waals surface area contributed by atoms with Crippen LogP contribution < -0.4 is 10.2 Å². The number of carbonyl (C=O) groups is 1. The summed E-state index contributed by atoms with van der Waals surface area (Å²) in [6, 6.07) is 10.6. The van der Waals surface area contributed by atoms with Crippen LogP contribution in [0.1, 0.15) is 18.7 Å². The summed E-state index contributed by atoms with van der Waals surface area (Å²) >= 11 is 6.50. The molecule has 6 aromatic rings. The number of pyridine rings is 1. The number of anilines is 2. The lowest BCUT2D eigenvalue weighted by Gasteiger charge is -2.31. The molecule has 51 heavy (non-hydrogen) atoms. The maximum absolute atomic E-state index is 15.0.